The number of carboxylic acid groups (broad SMARTS) is 2. The van der Waals surface area contributed by atoms with Crippen LogP contribution in [-0.2, 0) is 26.1 Å². The molecule has 0 heterocycles. The molecule has 2 unspecified atom stereocenters. The third-order valence-electron chi connectivity index (χ3n) is 3.67. The van der Waals surface area contributed by atoms with E-state index in [0.29, 0.717) is 3.35 Å². The van der Waals surface area contributed by atoms with E-state index in [1.807, 2.05) is 0 Å². The minimum Gasteiger partial charge on any atom is -0.481 e. The fourth-order valence-electron chi connectivity index (χ4n) is 1.97. The summed E-state index contributed by atoms with van der Waals surface area (Å²) in [6.07, 6.45) is 3.60. The topological polar surface area (TPSA) is 138 Å². The first-order valence-electron chi connectivity index (χ1n) is 8.68. The average molecular weight is 412 g/mol. The van der Waals surface area contributed by atoms with Gasteiger partial charge in [-0.25, -0.2) is 0 Å². The van der Waals surface area contributed by atoms with E-state index in [0.717, 1.165) is 46.5 Å². The SMILES string of the molecule is CCCCc1ccccc1O[CH]([Na])CC.O=C(O)CC(C(=O)O)S(=O)(=O)O. The Morgan fingerprint density at radius 2 is 1.78 bits per heavy atom. The summed E-state index contributed by atoms with van der Waals surface area (Å²) in [4.78, 5) is 20.0. The van der Waals surface area contributed by atoms with Gasteiger partial charge in [-0.05, 0) is 0 Å². The number of rotatable bonds is 10. The van der Waals surface area contributed by atoms with Gasteiger partial charge in [0.05, 0.1) is 6.42 Å². The van der Waals surface area contributed by atoms with Crippen LogP contribution >= 0.6 is 0 Å². The van der Waals surface area contributed by atoms with Crippen molar-refractivity contribution in [1.29, 1.82) is 0 Å². The molecule has 0 spiro atoms. The Morgan fingerprint density at radius 3 is 2.19 bits per heavy atom. The van der Waals surface area contributed by atoms with Crippen molar-refractivity contribution in [2.24, 2.45) is 0 Å². The molecule has 0 saturated heterocycles. The fraction of sp³-hybridized carbons (Fsp3) is 0.529. The summed E-state index contributed by atoms with van der Waals surface area (Å²) < 4.78 is 35.1. The van der Waals surface area contributed by atoms with Crippen molar-refractivity contribution in [2.75, 3.05) is 0 Å². The number of carbonyl (C=O) groups is 2. The van der Waals surface area contributed by atoms with E-state index in [4.69, 9.17) is 19.5 Å². The minimum atomic E-state index is -4.84. The van der Waals surface area contributed by atoms with Gasteiger partial charge in [-0.15, -0.1) is 0 Å². The first-order chi connectivity index (χ1) is 12.5. The van der Waals surface area contributed by atoms with Gasteiger partial charge >= 0.3 is 123 Å². The van der Waals surface area contributed by atoms with Gasteiger partial charge in [0.25, 0.3) is 10.1 Å². The second-order valence-electron chi connectivity index (χ2n) is 5.99. The van der Waals surface area contributed by atoms with Gasteiger partial charge in [0.1, 0.15) is 0 Å². The normalized spacial score (nSPS) is 13.1. The van der Waals surface area contributed by atoms with Crippen LogP contribution in [0.2, 0.25) is 0 Å². The molecule has 148 valence electrons. The molecule has 8 nitrogen and oxygen atoms in total. The molecular weight excluding hydrogens is 387 g/mol. The van der Waals surface area contributed by atoms with Crippen molar-refractivity contribution in [3.63, 3.8) is 0 Å². The molecule has 0 aliphatic carbocycles. The van der Waals surface area contributed by atoms with Gasteiger partial charge in [-0.2, -0.15) is 8.42 Å². The molecule has 0 saturated carbocycles. The fourth-order valence-corrected chi connectivity index (χ4v) is 2.83. The van der Waals surface area contributed by atoms with E-state index >= 15 is 0 Å². The minimum absolute atomic E-state index is 0.452. The van der Waals surface area contributed by atoms with Crippen molar-refractivity contribution < 1.29 is 37.5 Å². The molecule has 27 heavy (non-hydrogen) atoms. The zero-order valence-corrected chi connectivity index (χ0v) is 18.6. The molecule has 2 atom stereocenters. The number of hydrogen-bond acceptors (Lipinski definition) is 5. The van der Waals surface area contributed by atoms with Crippen LogP contribution in [0.1, 0.15) is 45.1 Å². The Bertz CT molecular complexity index is 705. The average Bonchev–Trinajstić information content (AvgIpc) is 2.58. The number of aryl methyl sites for hydroxylation is 1. The van der Waals surface area contributed by atoms with E-state index in [1.165, 1.54) is 18.4 Å². The summed E-state index contributed by atoms with van der Waals surface area (Å²) in [7, 11) is -4.84. The second kappa shape index (κ2) is 13.1. The van der Waals surface area contributed by atoms with Crippen molar-refractivity contribution in [3.8, 4) is 5.75 Å². The number of aliphatic carboxylic acids is 2. The van der Waals surface area contributed by atoms with E-state index < -0.39 is 33.7 Å². The summed E-state index contributed by atoms with van der Waals surface area (Å²) in [6.45, 7) is 4.41. The summed E-state index contributed by atoms with van der Waals surface area (Å²) >= 11 is 1.11. The van der Waals surface area contributed by atoms with E-state index in [9.17, 15) is 18.0 Å². The van der Waals surface area contributed by atoms with Gasteiger partial charge in [0.15, 0.2) is 5.25 Å². The Morgan fingerprint density at radius 1 is 1.19 bits per heavy atom. The number of para-hydroxylation sites is 1. The monoisotopic (exact) mass is 412 g/mol. The quantitative estimate of drug-likeness (QED) is 0.392. The van der Waals surface area contributed by atoms with Crippen LogP contribution in [0, 0.1) is 0 Å². The predicted molar refractivity (Wildman–Crippen MR) is 101 cm³/mol. The van der Waals surface area contributed by atoms with Crippen LogP contribution in [0.5, 0.6) is 5.75 Å². The second-order valence-corrected chi connectivity index (χ2v) is 8.87. The maximum absolute atomic E-state index is 10.2. The van der Waals surface area contributed by atoms with Crippen LogP contribution < -0.4 is 4.74 Å². The molecule has 1 rings (SSSR count). The zero-order valence-electron chi connectivity index (χ0n) is 15.8. The summed E-state index contributed by atoms with van der Waals surface area (Å²) in [5.41, 5.74) is 1.37. The maximum atomic E-state index is 10.2. The third-order valence-corrected chi connectivity index (χ3v) is 5.81. The Hall–Kier alpha value is -1.13. The number of carboxylic acids is 2. The molecule has 1 aromatic carbocycles. The van der Waals surface area contributed by atoms with Gasteiger partial charge in [0.2, 0.25) is 0 Å². The Labute approximate surface area is 177 Å². The predicted octanol–water partition coefficient (Wildman–Crippen LogP) is 2.11. The molecule has 10 heteroatoms. The van der Waals surface area contributed by atoms with Crippen LogP contribution in [0.4, 0.5) is 0 Å². The molecule has 3 N–H and O–H groups in total. The largest absolute Gasteiger partial charge is 0.481 e. The van der Waals surface area contributed by atoms with Gasteiger partial charge in [-0.1, -0.05) is 0 Å². The molecule has 0 fully saturated rings. The molecule has 0 amide bonds. The van der Waals surface area contributed by atoms with Crippen molar-refractivity contribution in [1.82, 2.24) is 0 Å². The standard InChI is InChI=1S/C13H19O.C4H6O7S.Na/c1-3-5-8-12-9-6-7-10-13(12)14-11-4-2;5-3(6)1-2(4(7)8)12(9,10)11;/h6-7,9-11H,3-5,8H2,1-2H3;2H,1H2,(H,5,6)(H,7,8)(H,9,10,11);. The Kier molecular flexibility index (Phi) is 12.6. The molecule has 1 aromatic rings. The maximum Gasteiger partial charge on any atom is 0.325 e. The van der Waals surface area contributed by atoms with Crippen LogP contribution in [0.15, 0.2) is 24.3 Å². The smallest absolute Gasteiger partial charge is 0.325 e. The third kappa shape index (κ3) is 11.3. The first-order valence-corrected chi connectivity index (χ1v) is 11.3. The molecular formula is C17H25NaO8S. The van der Waals surface area contributed by atoms with Crippen LogP contribution in [-0.4, -0.2) is 71.7 Å². The van der Waals surface area contributed by atoms with E-state index in [-0.39, 0.29) is 0 Å². The summed E-state index contributed by atoms with van der Waals surface area (Å²) in [5.74, 6) is -2.40. The molecule has 0 bridgehead atoms. The first kappa shape index (κ1) is 25.9. The van der Waals surface area contributed by atoms with E-state index in [2.05, 4.69) is 38.1 Å². The zero-order chi connectivity index (χ0) is 21.0. The van der Waals surface area contributed by atoms with Crippen molar-refractivity contribution in [2.45, 2.75) is 54.6 Å². The molecule has 0 aromatic heterocycles. The summed E-state index contributed by atoms with van der Waals surface area (Å²) in [5, 5.41) is 13.9. The number of benzene rings is 1. The summed E-state index contributed by atoms with van der Waals surface area (Å²) in [6, 6.07) is 8.46. The van der Waals surface area contributed by atoms with Crippen molar-refractivity contribution in [3.05, 3.63) is 29.8 Å². The van der Waals surface area contributed by atoms with Crippen LogP contribution in [0.25, 0.3) is 0 Å². The number of ether oxygens (including phenoxy) is 1. The molecule has 0 aliphatic heterocycles. The molecule has 0 aliphatic rings. The van der Waals surface area contributed by atoms with Gasteiger partial charge in [0, 0.05) is 0 Å². The van der Waals surface area contributed by atoms with Gasteiger partial charge < -0.3 is 10.2 Å². The number of hydrogen-bond donors (Lipinski definition) is 3. The number of unbranched alkanes of at least 4 members (excludes halogenated alkanes) is 1. The van der Waals surface area contributed by atoms with Crippen molar-refractivity contribution >= 4 is 50.0 Å². The molecule has 0 radical (unpaired) electrons. The van der Waals surface area contributed by atoms with E-state index in [1.54, 1.807) is 0 Å². The Balaban J connectivity index is 0.000000516. The van der Waals surface area contributed by atoms with Crippen LogP contribution in [0.3, 0.4) is 0 Å². The van der Waals surface area contributed by atoms with Gasteiger partial charge in [-0.3, -0.25) is 14.1 Å².